The van der Waals surface area contributed by atoms with E-state index in [0.717, 1.165) is 16.9 Å². The second-order valence-corrected chi connectivity index (χ2v) is 13.9. The normalized spacial score (nSPS) is 14.7. The topological polar surface area (TPSA) is 9.86 Å². The highest BCUT2D eigenvalue weighted by Gasteiger charge is 2.43. The van der Waals surface area contributed by atoms with Crippen molar-refractivity contribution >= 4 is 43.6 Å². The second kappa shape index (κ2) is 11.5. The maximum absolute atomic E-state index is 3.85. The van der Waals surface area contributed by atoms with Crippen LogP contribution in [0.1, 0.15) is 22.3 Å². The first-order valence-electron chi connectivity index (χ1n) is 18.2. The first-order chi connectivity index (χ1) is 26.3. The minimum atomic E-state index is -0.617. The number of nitrogens with zero attached hydrogens (tertiary/aromatic N) is 2. The lowest BCUT2D eigenvalue weighted by molar-refractivity contribution is 0.836. The van der Waals surface area contributed by atoms with Gasteiger partial charge in [0.2, 0.25) is 0 Å². The van der Waals surface area contributed by atoms with Gasteiger partial charge < -0.3 is 9.13 Å². The van der Waals surface area contributed by atoms with Gasteiger partial charge in [0.05, 0.1) is 22.1 Å². The van der Waals surface area contributed by atoms with Crippen LogP contribution in [0, 0.1) is 11.8 Å². The third-order valence-electron chi connectivity index (χ3n) is 11.1. The predicted octanol–water partition coefficient (Wildman–Crippen LogP) is 12.2. The van der Waals surface area contributed by atoms with E-state index in [2.05, 4.69) is 209 Å². The van der Waals surface area contributed by atoms with Crippen molar-refractivity contribution < 1.29 is 0 Å². The number of fused-ring (bicyclic) bond motifs is 9. The Hall–Kier alpha value is -7.08. The molecule has 2 nitrogen and oxygen atoms in total. The van der Waals surface area contributed by atoms with Crippen LogP contribution in [-0.4, -0.2) is 9.13 Å². The van der Waals surface area contributed by atoms with Crippen molar-refractivity contribution in [3.63, 3.8) is 0 Å². The highest BCUT2D eigenvalue weighted by Crippen LogP contribution is 2.53. The minimum absolute atomic E-state index is 0.617. The van der Waals surface area contributed by atoms with Crippen molar-refractivity contribution in [1.82, 2.24) is 9.13 Å². The summed E-state index contributed by atoms with van der Waals surface area (Å²) in [6.07, 6.45) is 0. The Kier molecular flexibility index (Phi) is 6.41. The molecule has 8 aromatic carbocycles. The highest BCUT2D eigenvalue weighted by atomic mass is 15.0. The standard InChI is InChI=1S/C51H32N2/c1-4-16-35(17-5-1)30-31-51(36-18-6-2-7-19-36)45-25-13-10-22-39(45)42-32-38(28-29-46(42)51)53-48-27-15-12-24-41(48)44-33-49-43(34-50(44)53)40-23-11-14-26-47(40)52(49)37-20-8-3-9-21-37/h1-29,32-34H. The van der Waals surface area contributed by atoms with Crippen LogP contribution in [0.5, 0.6) is 0 Å². The van der Waals surface area contributed by atoms with E-state index in [-0.39, 0.29) is 0 Å². The van der Waals surface area contributed by atoms with Gasteiger partial charge in [0.1, 0.15) is 5.41 Å². The van der Waals surface area contributed by atoms with Crippen molar-refractivity contribution in [1.29, 1.82) is 0 Å². The molecular formula is C51H32N2. The Morgan fingerprint density at radius 3 is 1.57 bits per heavy atom. The molecule has 0 saturated heterocycles. The molecule has 0 radical (unpaired) electrons. The maximum atomic E-state index is 3.85. The van der Waals surface area contributed by atoms with Crippen LogP contribution in [0.3, 0.4) is 0 Å². The van der Waals surface area contributed by atoms with Crippen molar-refractivity contribution in [2.45, 2.75) is 5.41 Å². The quantitative estimate of drug-likeness (QED) is 0.165. The summed E-state index contributed by atoms with van der Waals surface area (Å²) in [5.74, 6) is 7.43. The Balaban J connectivity index is 1.20. The molecule has 1 aliphatic rings. The van der Waals surface area contributed by atoms with Crippen molar-refractivity contribution in [2.24, 2.45) is 0 Å². The van der Waals surface area contributed by atoms with Crippen molar-refractivity contribution in [3.8, 4) is 34.3 Å². The van der Waals surface area contributed by atoms with Crippen LogP contribution in [-0.2, 0) is 5.41 Å². The summed E-state index contributed by atoms with van der Waals surface area (Å²) < 4.78 is 4.86. The molecular weight excluding hydrogens is 641 g/mol. The largest absolute Gasteiger partial charge is 0.309 e. The molecule has 0 fully saturated rings. The van der Waals surface area contributed by atoms with Crippen LogP contribution < -0.4 is 0 Å². The van der Waals surface area contributed by atoms with E-state index in [1.807, 2.05) is 6.07 Å². The lowest BCUT2D eigenvalue weighted by Crippen LogP contribution is -2.25. The summed E-state index contributed by atoms with van der Waals surface area (Å²) in [7, 11) is 0. The molecule has 0 amide bonds. The van der Waals surface area contributed by atoms with E-state index < -0.39 is 5.41 Å². The lowest BCUT2D eigenvalue weighted by Gasteiger charge is -2.27. The molecule has 246 valence electrons. The Bertz CT molecular complexity index is 3100. The molecule has 2 aromatic heterocycles. The summed E-state index contributed by atoms with van der Waals surface area (Å²) in [4.78, 5) is 0. The highest BCUT2D eigenvalue weighted by molar-refractivity contribution is 6.19. The van der Waals surface area contributed by atoms with Gasteiger partial charge >= 0.3 is 0 Å². The third-order valence-corrected chi connectivity index (χ3v) is 11.1. The fraction of sp³-hybridized carbons (Fsp3) is 0.0196. The van der Waals surface area contributed by atoms with E-state index in [1.165, 1.54) is 71.4 Å². The van der Waals surface area contributed by atoms with Gasteiger partial charge in [-0.2, -0.15) is 0 Å². The van der Waals surface area contributed by atoms with Gasteiger partial charge in [-0.05, 0) is 88.5 Å². The first kappa shape index (κ1) is 29.6. The Morgan fingerprint density at radius 1 is 0.358 bits per heavy atom. The molecule has 1 atom stereocenters. The number of hydrogen-bond donors (Lipinski definition) is 0. The van der Waals surface area contributed by atoms with Crippen LogP contribution in [0.4, 0.5) is 0 Å². The fourth-order valence-corrected chi connectivity index (χ4v) is 8.87. The van der Waals surface area contributed by atoms with Crippen LogP contribution in [0.15, 0.2) is 194 Å². The first-order valence-corrected chi connectivity index (χ1v) is 18.2. The SMILES string of the molecule is C(#CC1(c2ccccc2)c2ccccc2-c2cc(-n3c4ccccc4c4cc5c(cc43)c3ccccc3n5-c3ccccc3)ccc21)c1ccccc1. The molecule has 0 N–H and O–H groups in total. The summed E-state index contributed by atoms with van der Waals surface area (Å²) in [6.45, 7) is 0. The van der Waals surface area contributed by atoms with Crippen LogP contribution in [0.25, 0.3) is 66.1 Å². The summed E-state index contributed by atoms with van der Waals surface area (Å²) >= 11 is 0. The molecule has 0 aliphatic heterocycles. The summed E-state index contributed by atoms with van der Waals surface area (Å²) in [5.41, 5.74) is 13.6. The van der Waals surface area contributed by atoms with Gasteiger partial charge in [0.15, 0.2) is 0 Å². The summed E-state index contributed by atoms with van der Waals surface area (Å²) in [6, 6.07) is 70.1. The van der Waals surface area contributed by atoms with E-state index in [9.17, 15) is 0 Å². The molecule has 11 rings (SSSR count). The number of benzene rings is 8. The zero-order valence-electron chi connectivity index (χ0n) is 28.9. The molecule has 0 saturated carbocycles. The molecule has 2 heterocycles. The van der Waals surface area contributed by atoms with Crippen molar-refractivity contribution in [2.75, 3.05) is 0 Å². The number of hydrogen-bond acceptors (Lipinski definition) is 0. The molecule has 53 heavy (non-hydrogen) atoms. The van der Waals surface area contributed by atoms with Gasteiger partial charge in [-0.25, -0.2) is 0 Å². The van der Waals surface area contributed by atoms with E-state index in [4.69, 9.17) is 0 Å². The number of aromatic nitrogens is 2. The van der Waals surface area contributed by atoms with Gasteiger partial charge in [-0.1, -0.05) is 145 Å². The van der Waals surface area contributed by atoms with Crippen LogP contribution >= 0.6 is 0 Å². The third kappa shape index (κ3) is 4.29. The van der Waals surface area contributed by atoms with Crippen LogP contribution in [0.2, 0.25) is 0 Å². The predicted molar refractivity (Wildman–Crippen MR) is 220 cm³/mol. The average molecular weight is 673 g/mol. The van der Waals surface area contributed by atoms with Gasteiger partial charge in [-0.15, -0.1) is 0 Å². The lowest BCUT2D eigenvalue weighted by atomic mass is 9.73. The van der Waals surface area contributed by atoms with Gasteiger partial charge in [-0.3, -0.25) is 0 Å². The average Bonchev–Trinajstić information content (AvgIpc) is 3.84. The summed E-state index contributed by atoms with van der Waals surface area (Å²) in [5, 5.41) is 4.97. The van der Waals surface area contributed by atoms with E-state index in [0.29, 0.717) is 0 Å². The number of para-hydroxylation sites is 3. The second-order valence-electron chi connectivity index (χ2n) is 13.9. The molecule has 0 bridgehead atoms. The zero-order chi connectivity index (χ0) is 34.9. The number of rotatable bonds is 3. The Morgan fingerprint density at radius 2 is 0.887 bits per heavy atom. The Labute approximate surface area is 307 Å². The van der Waals surface area contributed by atoms with E-state index in [1.54, 1.807) is 0 Å². The van der Waals surface area contributed by atoms with E-state index >= 15 is 0 Å². The molecule has 2 heteroatoms. The molecule has 1 unspecified atom stereocenters. The monoisotopic (exact) mass is 672 g/mol. The van der Waals surface area contributed by atoms with Gasteiger partial charge in [0, 0.05) is 38.5 Å². The molecule has 0 spiro atoms. The minimum Gasteiger partial charge on any atom is -0.309 e. The van der Waals surface area contributed by atoms with Gasteiger partial charge in [0.25, 0.3) is 0 Å². The molecule has 1 aliphatic carbocycles. The fourth-order valence-electron chi connectivity index (χ4n) is 8.87. The smallest absolute Gasteiger partial charge is 0.108 e. The zero-order valence-corrected chi connectivity index (χ0v) is 28.9. The maximum Gasteiger partial charge on any atom is 0.108 e. The molecule has 10 aromatic rings. The van der Waals surface area contributed by atoms with Crippen molar-refractivity contribution in [3.05, 3.63) is 216 Å².